The van der Waals surface area contributed by atoms with Crippen molar-refractivity contribution in [1.82, 2.24) is 9.88 Å². The van der Waals surface area contributed by atoms with Crippen molar-refractivity contribution in [2.45, 2.75) is 38.1 Å². The van der Waals surface area contributed by atoms with E-state index in [0.29, 0.717) is 24.7 Å². The first-order valence-electron chi connectivity index (χ1n) is 7.75. The molecule has 2 heterocycles. The molecular weight excluding hydrogens is 269 g/mol. The van der Waals surface area contributed by atoms with Crippen LogP contribution in [0.3, 0.4) is 0 Å². The summed E-state index contributed by atoms with van der Waals surface area (Å²) in [5.74, 6) is 0.253. The molecule has 2 fully saturated rings. The van der Waals surface area contributed by atoms with Gasteiger partial charge in [-0.1, -0.05) is 12.8 Å². The SMILES string of the molecule is CN(CC1CC(=O)N(C2CCCC2)C1)c1ccncc1F. The molecule has 1 saturated carbocycles. The number of likely N-dealkylation sites (tertiary alicyclic amines) is 1. The zero-order valence-corrected chi connectivity index (χ0v) is 12.5. The first-order valence-corrected chi connectivity index (χ1v) is 7.75. The summed E-state index contributed by atoms with van der Waals surface area (Å²) in [4.78, 5) is 19.9. The minimum atomic E-state index is -0.308. The van der Waals surface area contributed by atoms with Crippen molar-refractivity contribution in [3.63, 3.8) is 0 Å². The highest BCUT2D eigenvalue weighted by atomic mass is 19.1. The molecule has 4 nitrogen and oxygen atoms in total. The van der Waals surface area contributed by atoms with E-state index in [2.05, 4.69) is 9.88 Å². The maximum absolute atomic E-state index is 13.7. The summed E-state index contributed by atoms with van der Waals surface area (Å²) in [6.07, 6.45) is 8.19. The normalized spacial score (nSPS) is 23.0. The fraction of sp³-hybridized carbons (Fsp3) is 0.625. The number of halogens is 1. The molecule has 21 heavy (non-hydrogen) atoms. The van der Waals surface area contributed by atoms with Gasteiger partial charge in [0.1, 0.15) is 0 Å². The number of pyridine rings is 1. The molecule has 0 bridgehead atoms. The molecular formula is C16H22FN3O. The lowest BCUT2D eigenvalue weighted by atomic mass is 10.1. The molecule has 5 heteroatoms. The van der Waals surface area contributed by atoms with Crippen LogP contribution in [0.15, 0.2) is 18.5 Å². The van der Waals surface area contributed by atoms with E-state index in [1.165, 1.54) is 19.0 Å². The zero-order chi connectivity index (χ0) is 14.8. The van der Waals surface area contributed by atoms with Gasteiger partial charge in [0.05, 0.1) is 11.9 Å². The summed E-state index contributed by atoms with van der Waals surface area (Å²) in [5.41, 5.74) is 0.553. The molecule has 2 aliphatic rings. The van der Waals surface area contributed by atoms with E-state index in [0.717, 1.165) is 19.4 Å². The summed E-state index contributed by atoms with van der Waals surface area (Å²) in [7, 11) is 1.88. The van der Waals surface area contributed by atoms with E-state index in [-0.39, 0.29) is 17.6 Å². The predicted molar refractivity (Wildman–Crippen MR) is 79.5 cm³/mol. The number of nitrogens with zero attached hydrogens (tertiary/aromatic N) is 3. The number of anilines is 1. The van der Waals surface area contributed by atoms with Crippen LogP contribution >= 0.6 is 0 Å². The average Bonchev–Trinajstić information content (AvgIpc) is 3.08. The van der Waals surface area contributed by atoms with Gasteiger partial charge in [0.2, 0.25) is 5.91 Å². The third kappa shape index (κ3) is 3.01. The number of rotatable bonds is 4. The summed E-state index contributed by atoms with van der Waals surface area (Å²) in [6.45, 7) is 1.52. The van der Waals surface area contributed by atoms with E-state index in [4.69, 9.17) is 0 Å². The molecule has 1 atom stereocenters. The predicted octanol–water partition coefficient (Wildman–Crippen LogP) is 2.45. The molecule has 1 amide bonds. The van der Waals surface area contributed by atoms with Gasteiger partial charge in [-0.05, 0) is 18.9 Å². The van der Waals surface area contributed by atoms with Gasteiger partial charge in [0.15, 0.2) is 5.82 Å². The van der Waals surface area contributed by atoms with E-state index in [1.54, 1.807) is 12.3 Å². The number of carbonyl (C=O) groups excluding carboxylic acids is 1. The van der Waals surface area contributed by atoms with E-state index in [9.17, 15) is 9.18 Å². The second kappa shape index (κ2) is 6.00. The molecule has 3 rings (SSSR count). The third-order valence-corrected chi connectivity index (χ3v) is 4.70. The lowest BCUT2D eigenvalue weighted by Crippen LogP contribution is -2.35. The Morgan fingerprint density at radius 1 is 1.43 bits per heavy atom. The highest BCUT2D eigenvalue weighted by Gasteiger charge is 2.35. The smallest absolute Gasteiger partial charge is 0.223 e. The van der Waals surface area contributed by atoms with Gasteiger partial charge in [-0.25, -0.2) is 4.39 Å². The van der Waals surface area contributed by atoms with Gasteiger partial charge >= 0.3 is 0 Å². The largest absolute Gasteiger partial charge is 0.372 e. The van der Waals surface area contributed by atoms with Crippen molar-refractivity contribution in [3.05, 3.63) is 24.3 Å². The van der Waals surface area contributed by atoms with E-state index in [1.807, 2.05) is 11.9 Å². The molecule has 1 aliphatic carbocycles. The first kappa shape index (κ1) is 14.3. The number of hydrogen-bond donors (Lipinski definition) is 0. The van der Waals surface area contributed by atoms with Gasteiger partial charge in [-0.2, -0.15) is 0 Å². The van der Waals surface area contributed by atoms with Crippen LogP contribution in [0.2, 0.25) is 0 Å². The lowest BCUT2D eigenvalue weighted by molar-refractivity contribution is -0.129. The van der Waals surface area contributed by atoms with Gasteiger partial charge in [-0.3, -0.25) is 9.78 Å². The molecule has 0 N–H and O–H groups in total. The van der Waals surface area contributed by atoms with Crippen LogP contribution in [-0.4, -0.2) is 42.0 Å². The van der Waals surface area contributed by atoms with Gasteiger partial charge < -0.3 is 9.80 Å². The molecule has 1 aliphatic heterocycles. The van der Waals surface area contributed by atoms with Crippen LogP contribution < -0.4 is 4.90 Å². The van der Waals surface area contributed by atoms with Crippen LogP contribution in [0.5, 0.6) is 0 Å². The van der Waals surface area contributed by atoms with Crippen molar-refractivity contribution < 1.29 is 9.18 Å². The average molecular weight is 291 g/mol. The number of carbonyl (C=O) groups is 1. The second-order valence-electron chi connectivity index (χ2n) is 6.26. The highest BCUT2D eigenvalue weighted by molar-refractivity contribution is 5.79. The number of aromatic nitrogens is 1. The Bertz CT molecular complexity index is 516. The fourth-order valence-electron chi connectivity index (χ4n) is 3.66. The molecule has 0 aromatic carbocycles. The maximum Gasteiger partial charge on any atom is 0.223 e. The van der Waals surface area contributed by atoms with Crippen molar-refractivity contribution in [3.8, 4) is 0 Å². The van der Waals surface area contributed by atoms with Crippen LogP contribution in [0, 0.1) is 11.7 Å². The lowest BCUT2D eigenvalue weighted by Gasteiger charge is -2.26. The van der Waals surface area contributed by atoms with Crippen LogP contribution in [-0.2, 0) is 4.79 Å². The standard InChI is InChI=1S/C16H22FN3O/c1-19(15-6-7-18-9-14(15)17)10-12-8-16(21)20(11-12)13-4-2-3-5-13/h6-7,9,12-13H,2-5,8,10-11H2,1H3. The maximum atomic E-state index is 13.7. The number of amides is 1. The molecule has 1 unspecified atom stereocenters. The fourth-order valence-corrected chi connectivity index (χ4v) is 3.66. The Kier molecular flexibility index (Phi) is 4.08. The van der Waals surface area contributed by atoms with Crippen LogP contribution in [0.1, 0.15) is 32.1 Å². The summed E-state index contributed by atoms with van der Waals surface area (Å²) in [6, 6.07) is 2.13. The summed E-state index contributed by atoms with van der Waals surface area (Å²) >= 11 is 0. The van der Waals surface area contributed by atoms with E-state index < -0.39 is 0 Å². The Hall–Kier alpha value is -1.65. The van der Waals surface area contributed by atoms with Gasteiger partial charge in [-0.15, -0.1) is 0 Å². The Morgan fingerprint density at radius 2 is 2.19 bits per heavy atom. The second-order valence-corrected chi connectivity index (χ2v) is 6.26. The molecule has 0 radical (unpaired) electrons. The Balaban J connectivity index is 1.61. The number of hydrogen-bond acceptors (Lipinski definition) is 3. The van der Waals surface area contributed by atoms with Crippen molar-refractivity contribution in [2.24, 2.45) is 5.92 Å². The summed E-state index contributed by atoms with van der Waals surface area (Å²) in [5, 5.41) is 0. The van der Waals surface area contributed by atoms with E-state index >= 15 is 0 Å². The minimum Gasteiger partial charge on any atom is -0.372 e. The summed E-state index contributed by atoms with van der Waals surface area (Å²) < 4.78 is 13.7. The molecule has 114 valence electrons. The van der Waals surface area contributed by atoms with Gasteiger partial charge in [0.25, 0.3) is 0 Å². The Morgan fingerprint density at radius 3 is 2.90 bits per heavy atom. The molecule has 1 aromatic heterocycles. The third-order valence-electron chi connectivity index (χ3n) is 4.70. The minimum absolute atomic E-state index is 0.274. The van der Waals surface area contributed by atoms with Gasteiger partial charge in [0, 0.05) is 44.7 Å². The zero-order valence-electron chi connectivity index (χ0n) is 12.5. The molecule has 0 spiro atoms. The quantitative estimate of drug-likeness (QED) is 0.855. The molecule has 1 aromatic rings. The van der Waals surface area contributed by atoms with Crippen molar-refractivity contribution in [2.75, 3.05) is 25.0 Å². The topological polar surface area (TPSA) is 36.4 Å². The van der Waals surface area contributed by atoms with Crippen LogP contribution in [0.25, 0.3) is 0 Å². The van der Waals surface area contributed by atoms with Crippen LogP contribution in [0.4, 0.5) is 10.1 Å². The highest BCUT2D eigenvalue weighted by Crippen LogP contribution is 2.30. The molecule has 1 saturated heterocycles. The first-order chi connectivity index (χ1) is 10.1. The van der Waals surface area contributed by atoms with Crippen molar-refractivity contribution in [1.29, 1.82) is 0 Å². The Labute approximate surface area is 125 Å². The monoisotopic (exact) mass is 291 g/mol. The van der Waals surface area contributed by atoms with Crippen molar-refractivity contribution >= 4 is 11.6 Å².